The van der Waals surface area contributed by atoms with Crippen molar-refractivity contribution in [3.63, 3.8) is 0 Å². The summed E-state index contributed by atoms with van der Waals surface area (Å²) in [7, 11) is 0. The number of fused-ring (bicyclic) bond motifs is 1. The first-order valence-electron chi connectivity index (χ1n) is 9.64. The van der Waals surface area contributed by atoms with E-state index in [4.69, 9.17) is 13.9 Å². The summed E-state index contributed by atoms with van der Waals surface area (Å²) in [6, 6.07) is 11.6. The summed E-state index contributed by atoms with van der Waals surface area (Å²) < 4.78 is 20.0. The highest BCUT2D eigenvalue weighted by Crippen LogP contribution is 2.30. The van der Waals surface area contributed by atoms with Crippen molar-refractivity contribution < 1.29 is 18.7 Å². The van der Waals surface area contributed by atoms with Crippen LogP contribution in [0, 0.1) is 0 Å². The van der Waals surface area contributed by atoms with Crippen molar-refractivity contribution in [3.8, 4) is 5.75 Å². The van der Waals surface area contributed by atoms with Gasteiger partial charge in [-0.05, 0) is 25.1 Å². The van der Waals surface area contributed by atoms with E-state index in [1.54, 1.807) is 25.7 Å². The standard InChI is InChI=1S/C23H21BrN2O4/c1-2-28-22(27)10-16-5-3-4-6-21(16)29-13-18-14-30-23-17(9-19(24)11-20(18)23)12-26-8-7-25-15-26/h3-9,11,14-15H,2,10,12-13H2,1H3. The lowest BCUT2D eigenvalue weighted by atomic mass is 10.1. The van der Waals surface area contributed by atoms with Gasteiger partial charge in [0.15, 0.2) is 0 Å². The highest BCUT2D eigenvalue weighted by atomic mass is 79.9. The monoisotopic (exact) mass is 468 g/mol. The second-order valence-electron chi connectivity index (χ2n) is 6.82. The Hall–Kier alpha value is -3.06. The molecule has 0 fully saturated rings. The molecule has 0 bridgehead atoms. The summed E-state index contributed by atoms with van der Waals surface area (Å²) in [5, 5.41) is 0.988. The van der Waals surface area contributed by atoms with Gasteiger partial charge in [0.25, 0.3) is 0 Å². The fraction of sp³-hybridized carbons (Fsp3) is 0.217. The number of carbonyl (C=O) groups is 1. The van der Waals surface area contributed by atoms with Crippen LogP contribution in [0.2, 0.25) is 0 Å². The van der Waals surface area contributed by atoms with Gasteiger partial charge in [0.1, 0.15) is 17.9 Å². The third-order valence-corrected chi connectivity index (χ3v) is 5.16. The molecule has 6 nitrogen and oxygen atoms in total. The number of carbonyl (C=O) groups excluding carboxylic acids is 1. The number of benzene rings is 2. The number of aromatic nitrogens is 2. The van der Waals surface area contributed by atoms with Gasteiger partial charge >= 0.3 is 5.97 Å². The van der Waals surface area contributed by atoms with Gasteiger partial charge in [-0.25, -0.2) is 4.98 Å². The van der Waals surface area contributed by atoms with E-state index in [1.807, 2.05) is 47.2 Å². The highest BCUT2D eigenvalue weighted by Gasteiger charge is 2.14. The number of halogens is 1. The smallest absolute Gasteiger partial charge is 0.310 e. The van der Waals surface area contributed by atoms with E-state index in [-0.39, 0.29) is 12.4 Å². The molecule has 0 amide bonds. The van der Waals surface area contributed by atoms with Crippen LogP contribution in [0.4, 0.5) is 0 Å². The maximum atomic E-state index is 11.9. The van der Waals surface area contributed by atoms with Crippen LogP contribution in [0.3, 0.4) is 0 Å². The molecule has 0 saturated carbocycles. The van der Waals surface area contributed by atoms with Crippen molar-refractivity contribution in [1.82, 2.24) is 9.55 Å². The lowest BCUT2D eigenvalue weighted by Crippen LogP contribution is -2.09. The summed E-state index contributed by atoms with van der Waals surface area (Å²) in [4.78, 5) is 16.0. The Kier molecular flexibility index (Phi) is 6.18. The Morgan fingerprint density at radius 2 is 2.07 bits per heavy atom. The molecule has 0 spiro atoms. The van der Waals surface area contributed by atoms with Crippen LogP contribution in [0.15, 0.2) is 70.3 Å². The van der Waals surface area contributed by atoms with Crippen molar-refractivity contribution in [3.05, 3.63) is 82.5 Å². The van der Waals surface area contributed by atoms with Gasteiger partial charge < -0.3 is 18.5 Å². The van der Waals surface area contributed by atoms with E-state index in [2.05, 4.69) is 20.9 Å². The van der Waals surface area contributed by atoms with Crippen LogP contribution in [0.5, 0.6) is 5.75 Å². The molecule has 2 heterocycles. The molecule has 7 heteroatoms. The maximum Gasteiger partial charge on any atom is 0.310 e. The molecular formula is C23H21BrN2O4. The predicted octanol–water partition coefficient (Wildman–Crippen LogP) is 5.12. The first-order chi connectivity index (χ1) is 14.6. The van der Waals surface area contributed by atoms with Crippen LogP contribution in [-0.4, -0.2) is 22.1 Å². The van der Waals surface area contributed by atoms with E-state index >= 15 is 0 Å². The van der Waals surface area contributed by atoms with Crippen molar-refractivity contribution in [2.45, 2.75) is 26.5 Å². The van der Waals surface area contributed by atoms with Gasteiger partial charge in [-0.15, -0.1) is 0 Å². The van der Waals surface area contributed by atoms with Gasteiger partial charge in [0.05, 0.1) is 32.2 Å². The lowest BCUT2D eigenvalue weighted by Gasteiger charge is -2.11. The Morgan fingerprint density at radius 3 is 2.87 bits per heavy atom. The zero-order chi connectivity index (χ0) is 20.9. The van der Waals surface area contributed by atoms with Gasteiger partial charge in [-0.2, -0.15) is 0 Å². The quantitative estimate of drug-likeness (QED) is 0.335. The van der Waals surface area contributed by atoms with Crippen LogP contribution in [0.1, 0.15) is 23.6 Å². The van der Waals surface area contributed by atoms with E-state index in [0.717, 1.165) is 32.1 Å². The Morgan fingerprint density at radius 1 is 1.20 bits per heavy atom. The minimum Gasteiger partial charge on any atom is -0.488 e. The molecule has 4 rings (SSSR count). The van der Waals surface area contributed by atoms with Crippen LogP contribution >= 0.6 is 15.9 Å². The molecule has 0 aliphatic heterocycles. The molecule has 0 aliphatic rings. The van der Waals surface area contributed by atoms with Gasteiger partial charge in [0.2, 0.25) is 0 Å². The molecule has 0 saturated heterocycles. The summed E-state index contributed by atoms with van der Waals surface area (Å²) in [6.45, 7) is 3.14. The van der Waals surface area contributed by atoms with Gasteiger partial charge in [0, 0.05) is 38.9 Å². The zero-order valence-electron chi connectivity index (χ0n) is 16.5. The van der Waals surface area contributed by atoms with Crippen molar-refractivity contribution in [2.24, 2.45) is 0 Å². The number of ether oxygens (including phenoxy) is 2. The molecule has 0 unspecified atom stereocenters. The summed E-state index contributed by atoms with van der Waals surface area (Å²) in [6.07, 6.45) is 7.35. The molecule has 0 aliphatic carbocycles. The second kappa shape index (κ2) is 9.17. The summed E-state index contributed by atoms with van der Waals surface area (Å²) in [5.74, 6) is 0.393. The zero-order valence-corrected chi connectivity index (χ0v) is 18.1. The van der Waals surface area contributed by atoms with Crippen LogP contribution in [-0.2, 0) is 29.1 Å². The van der Waals surface area contributed by atoms with Crippen LogP contribution in [0.25, 0.3) is 11.0 Å². The molecule has 0 atom stereocenters. The first-order valence-corrected chi connectivity index (χ1v) is 10.4. The number of rotatable bonds is 8. The molecule has 4 aromatic rings. The maximum absolute atomic E-state index is 11.9. The molecular weight excluding hydrogens is 448 g/mol. The average molecular weight is 469 g/mol. The number of hydrogen-bond acceptors (Lipinski definition) is 5. The normalized spacial score (nSPS) is 11.0. The Balaban J connectivity index is 1.56. The largest absolute Gasteiger partial charge is 0.488 e. The minimum absolute atomic E-state index is 0.177. The molecule has 2 aromatic heterocycles. The van der Waals surface area contributed by atoms with E-state index < -0.39 is 0 Å². The molecule has 30 heavy (non-hydrogen) atoms. The summed E-state index contributed by atoms with van der Waals surface area (Å²) in [5.41, 5.74) is 3.60. The molecule has 0 N–H and O–H groups in total. The molecule has 154 valence electrons. The second-order valence-corrected chi connectivity index (χ2v) is 7.73. The van der Waals surface area contributed by atoms with Gasteiger partial charge in [-0.3, -0.25) is 4.79 Å². The minimum atomic E-state index is -0.268. The van der Waals surface area contributed by atoms with Crippen molar-refractivity contribution in [2.75, 3.05) is 6.61 Å². The fourth-order valence-corrected chi connectivity index (χ4v) is 3.85. The molecule has 2 aromatic carbocycles. The van der Waals surface area contributed by atoms with Crippen molar-refractivity contribution in [1.29, 1.82) is 0 Å². The first kappa shape index (κ1) is 20.2. The lowest BCUT2D eigenvalue weighted by molar-refractivity contribution is -0.142. The van der Waals surface area contributed by atoms with Gasteiger partial charge in [-0.1, -0.05) is 34.1 Å². The molecule has 0 radical (unpaired) electrons. The number of esters is 1. The topological polar surface area (TPSA) is 66.5 Å². The Bertz CT molecular complexity index is 1150. The SMILES string of the molecule is CCOC(=O)Cc1ccccc1OCc1coc2c(Cn3ccnc3)cc(Br)cc12. The number of hydrogen-bond donors (Lipinski definition) is 0. The third-order valence-electron chi connectivity index (χ3n) is 4.70. The van der Waals surface area contributed by atoms with E-state index in [1.165, 1.54) is 0 Å². The number of furan rings is 1. The fourth-order valence-electron chi connectivity index (χ4n) is 3.34. The average Bonchev–Trinajstić information content (AvgIpc) is 3.37. The van der Waals surface area contributed by atoms with E-state index in [0.29, 0.717) is 25.5 Å². The highest BCUT2D eigenvalue weighted by molar-refractivity contribution is 9.10. The van der Waals surface area contributed by atoms with Crippen LogP contribution < -0.4 is 4.74 Å². The van der Waals surface area contributed by atoms with Crippen molar-refractivity contribution >= 4 is 32.9 Å². The number of imidazole rings is 1. The summed E-state index contributed by atoms with van der Waals surface area (Å²) >= 11 is 3.60. The Labute approximate surface area is 182 Å². The predicted molar refractivity (Wildman–Crippen MR) is 116 cm³/mol. The third kappa shape index (κ3) is 4.57. The van der Waals surface area contributed by atoms with E-state index in [9.17, 15) is 4.79 Å². The number of nitrogens with zero attached hydrogens (tertiary/aromatic N) is 2. The number of para-hydroxylation sites is 1.